The van der Waals surface area contributed by atoms with Crippen LogP contribution >= 0.6 is 11.6 Å². The molecule has 1 fully saturated rings. The molecule has 0 radical (unpaired) electrons. The molecule has 1 atom stereocenters. The van der Waals surface area contributed by atoms with Gasteiger partial charge < -0.3 is 10.1 Å². The Kier molecular flexibility index (Phi) is 3.31. The number of nitrogens with zero attached hydrogens (tertiary/aromatic N) is 1. The van der Waals surface area contributed by atoms with Crippen LogP contribution in [0.3, 0.4) is 0 Å². The zero-order valence-corrected chi connectivity index (χ0v) is 9.90. The predicted octanol–water partition coefficient (Wildman–Crippen LogP) is 1.41. The predicted molar refractivity (Wildman–Crippen MR) is 63.1 cm³/mol. The zero-order valence-electron chi connectivity index (χ0n) is 9.14. The van der Waals surface area contributed by atoms with Gasteiger partial charge in [0, 0.05) is 12.1 Å². The van der Waals surface area contributed by atoms with Crippen LogP contribution in [-0.4, -0.2) is 31.7 Å². The highest BCUT2D eigenvalue weighted by molar-refractivity contribution is 6.31. The van der Waals surface area contributed by atoms with Crippen molar-refractivity contribution in [3.8, 4) is 0 Å². The number of hydrogen-bond acceptors (Lipinski definition) is 3. The normalized spacial score (nSPS) is 20.4. The number of carbonyl (C=O) groups excluding carboxylic acids is 2. The van der Waals surface area contributed by atoms with Crippen molar-refractivity contribution < 1.29 is 14.3 Å². The van der Waals surface area contributed by atoms with Crippen LogP contribution in [0.4, 0.5) is 10.5 Å². The Morgan fingerprint density at radius 3 is 2.88 bits per heavy atom. The van der Waals surface area contributed by atoms with E-state index in [1.165, 1.54) is 7.11 Å². The Hall–Kier alpha value is -1.59. The monoisotopic (exact) mass is 254 g/mol. The van der Waals surface area contributed by atoms with Crippen molar-refractivity contribution in [2.24, 2.45) is 0 Å². The van der Waals surface area contributed by atoms with Crippen molar-refractivity contribution in [1.82, 2.24) is 5.32 Å². The molecule has 5 nitrogen and oxygen atoms in total. The standard InChI is InChI=1S/C11H11ClN2O3/c1-17-9-6-13-11(16)14(10(9)15)8-4-2-3-7(12)5-8/h2-5,9H,6H2,1H3,(H,13,16). The largest absolute Gasteiger partial charge is 0.370 e. The van der Waals surface area contributed by atoms with Gasteiger partial charge in [0.1, 0.15) is 0 Å². The van der Waals surface area contributed by atoms with Crippen molar-refractivity contribution in [3.05, 3.63) is 29.3 Å². The first kappa shape index (κ1) is 11.9. The van der Waals surface area contributed by atoms with E-state index in [0.29, 0.717) is 10.7 Å². The number of benzene rings is 1. The van der Waals surface area contributed by atoms with Crippen LogP contribution in [0.5, 0.6) is 0 Å². The first-order chi connectivity index (χ1) is 8.13. The highest BCUT2D eigenvalue weighted by Crippen LogP contribution is 2.22. The number of hydrogen-bond donors (Lipinski definition) is 1. The fourth-order valence-electron chi connectivity index (χ4n) is 1.63. The van der Waals surface area contributed by atoms with Crippen molar-refractivity contribution in [3.63, 3.8) is 0 Å². The summed E-state index contributed by atoms with van der Waals surface area (Å²) in [7, 11) is 1.43. The third-order valence-electron chi connectivity index (χ3n) is 2.49. The lowest BCUT2D eigenvalue weighted by molar-refractivity contribution is -0.128. The lowest BCUT2D eigenvalue weighted by Crippen LogP contribution is -2.58. The van der Waals surface area contributed by atoms with E-state index in [1.807, 2.05) is 0 Å². The molecule has 1 saturated heterocycles. The fourth-order valence-corrected chi connectivity index (χ4v) is 1.82. The molecule has 0 saturated carbocycles. The van der Waals surface area contributed by atoms with E-state index >= 15 is 0 Å². The highest BCUT2D eigenvalue weighted by atomic mass is 35.5. The second-order valence-corrected chi connectivity index (χ2v) is 4.00. The van der Waals surface area contributed by atoms with Gasteiger partial charge in [-0.2, -0.15) is 0 Å². The Labute approximate surface area is 103 Å². The number of methoxy groups -OCH3 is 1. The molecule has 1 aliphatic heterocycles. The lowest BCUT2D eigenvalue weighted by Gasteiger charge is -2.30. The summed E-state index contributed by atoms with van der Waals surface area (Å²) < 4.78 is 4.99. The molecule has 3 amide bonds. The van der Waals surface area contributed by atoms with Crippen LogP contribution in [0.25, 0.3) is 0 Å². The van der Waals surface area contributed by atoms with E-state index in [1.54, 1.807) is 24.3 Å². The van der Waals surface area contributed by atoms with E-state index in [0.717, 1.165) is 4.90 Å². The fraction of sp³-hybridized carbons (Fsp3) is 0.273. The smallest absolute Gasteiger partial charge is 0.328 e. The minimum atomic E-state index is -0.660. The first-order valence-electron chi connectivity index (χ1n) is 5.03. The second kappa shape index (κ2) is 4.73. The average molecular weight is 255 g/mol. The summed E-state index contributed by atoms with van der Waals surface area (Å²) in [5, 5.41) is 3.04. The number of urea groups is 1. The van der Waals surface area contributed by atoms with Crippen LogP contribution in [0, 0.1) is 0 Å². The van der Waals surface area contributed by atoms with Gasteiger partial charge in [-0.15, -0.1) is 0 Å². The van der Waals surface area contributed by atoms with Crippen LogP contribution in [0.15, 0.2) is 24.3 Å². The van der Waals surface area contributed by atoms with Crippen molar-refractivity contribution in [1.29, 1.82) is 0 Å². The molecule has 2 rings (SSSR count). The van der Waals surface area contributed by atoms with Gasteiger partial charge in [-0.25, -0.2) is 9.69 Å². The molecule has 1 aliphatic rings. The Morgan fingerprint density at radius 1 is 1.47 bits per heavy atom. The molecule has 1 unspecified atom stereocenters. The van der Waals surface area contributed by atoms with E-state index in [2.05, 4.69) is 5.32 Å². The molecular weight excluding hydrogens is 244 g/mol. The van der Waals surface area contributed by atoms with Gasteiger partial charge >= 0.3 is 6.03 Å². The topological polar surface area (TPSA) is 58.6 Å². The Bertz CT molecular complexity index is 464. The van der Waals surface area contributed by atoms with Crippen LogP contribution in [0.1, 0.15) is 0 Å². The maximum Gasteiger partial charge on any atom is 0.328 e. The molecule has 1 aromatic carbocycles. The SMILES string of the molecule is COC1CNC(=O)N(c2cccc(Cl)c2)C1=O. The van der Waals surface area contributed by atoms with Crippen LogP contribution in [0.2, 0.25) is 5.02 Å². The summed E-state index contributed by atoms with van der Waals surface area (Å²) in [6.07, 6.45) is -0.660. The van der Waals surface area contributed by atoms with Gasteiger partial charge in [-0.3, -0.25) is 4.79 Å². The number of anilines is 1. The molecule has 0 bridgehead atoms. The minimum Gasteiger partial charge on any atom is -0.370 e. The number of halogens is 1. The number of amides is 3. The summed E-state index contributed by atoms with van der Waals surface area (Å²) in [6.45, 7) is 0.186. The summed E-state index contributed by atoms with van der Waals surface area (Å²) in [5.41, 5.74) is 0.432. The number of ether oxygens (including phenoxy) is 1. The summed E-state index contributed by atoms with van der Waals surface area (Å²) in [4.78, 5) is 24.7. The minimum absolute atomic E-state index is 0.186. The Morgan fingerprint density at radius 2 is 2.24 bits per heavy atom. The van der Waals surface area contributed by atoms with Crippen molar-refractivity contribution >= 4 is 29.2 Å². The molecule has 90 valence electrons. The van der Waals surface area contributed by atoms with Crippen LogP contribution in [-0.2, 0) is 9.53 Å². The molecule has 17 heavy (non-hydrogen) atoms. The number of rotatable bonds is 2. The average Bonchev–Trinajstić information content (AvgIpc) is 2.29. The van der Waals surface area contributed by atoms with Gasteiger partial charge in [-0.05, 0) is 18.2 Å². The third-order valence-corrected chi connectivity index (χ3v) is 2.72. The van der Waals surface area contributed by atoms with Crippen LogP contribution < -0.4 is 10.2 Å². The van der Waals surface area contributed by atoms with E-state index < -0.39 is 18.0 Å². The number of carbonyl (C=O) groups is 2. The molecule has 1 heterocycles. The molecule has 1 aromatic rings. The van der Waals surface area contributed by atoms with E-state index in [4.69, 9.17) is 16.3 Å². The number of nitrogens with one attached hydrogen (secondary N) is 1. The first-order valence-corrected chi connectivity index (χ1v) is 5.41. The lowest BCUT2D eigenvalue weighted by atomic mass is 10.2. The zero-order chi connectivity index (χ0) is 12.4. The van der Waals surface area contributed by atoms with Gasteiger partial charge in [0.2, 0.25) is 0 Å². The Balaban J connectivity index is 2.34. The highest BCUT2D eigenvalue weighted by Gasteiger charge is 2.35. The molecule has 0 aromatic heterocycles. The van der Waals surface area contributed by atoms with Crippen molar-refractivity contribution in [2.75, 3.05) is 18.6 Å². The number of imide groups is 1. The van der Waals surface area contributed by atoms with Gasteiger partial charge in [-0.1, -0.05) is 17.7 Å². The van der Waals surface area contributed by atoms with E-state index in [9.17, 15) is 9.59 Å². The molecule has 1 N–H and O–H groups in total. The summed E-state index contributed by atoms with van der Waals surface area (Å²) in [6, 6.07) is 6.07. The second-order valence-electron chi connectivity index (χ2n) is 3.56. The quantitative estimate of drug-likeness (QED) is 0.868. The third kappa shape index (κ3) is 2.25. The van der Waals surface area contributed by atoms with Crippen molar-refractivity contribution in [2.45, 2.75) is 6.10 Å². The summed E-state index contributed by atoms with van der Waals surface area (Å²) >= 11 is 5.83. The molecular formula is C11H11ClN2O3. The maximum atomic E-state index is 12.0. The van der Waals surface area contributed by atoms with Gasteiger partial charge in [0.15, 0.2) is 6.10 Å². The molecule has 0 aliphatic carbocycles. The molecule has 6 heteroatoms. The van der Waals surface area contributed by atoms with E-state index in [-0.39, 0.29) is 6.54 Å². The molecule has 0 spiro atoms. The maximum absolute atomic E-state index is 12.0. The van der Waals surface area contributed by atoms with Gasteiger partial charge in [0.05, 0.1) is 12.2 Å². The van der Waals surface area contributed by atoms with Gasteiger partial charge in [0.25, 0.3) is 5.91 Å². The summed E-state index contributed by atoms with van der Waals surface area (Å²) in [5.74, 6) is -0.390.